The van der Waals surface area contributed by atoms with Gasteiger partial charge in [0.1, 0.15) is 48.2 Å². The first kappa shape index (κ1) is 106. The number of carbonyl (C=O) groups excluding carboxylic acids is 14. The van der Waals surface area contributed by atoms with Gasteiger partial charge in [0.15, 0.2) is 5.11 Å². The maximum atomic E-state index is 15.2. The Morgan fingerprint density at radius 1 is 0.430 bits per heavy atom. The number of hydrogen-bond donors (Lipinski definition) is 23. The molecule has 702 valence electrons. The summed E-state index contributed by atoms with van der Waals surface area (Å²) in [5, 5.41) is 76.8. The fraction of sp³-hybridized carbons (Fsp3) is 0.537. The Morgan fingerprint density at radius 3 is 1.16 bits per heavy atom. The van der Waals surface area contributed by atoms with E-state index in [1.807, 2.05) is 0 Å². The number of imidazole rings is 2. The second-order valence-electron chi connectivity index (χ2n) is 29.9. The molecule has 0 aliphatic carbocycles. The Morgan fingerprint density at radius 2 is 0.781 bits per heavy atom. The molecular formula is C80H119N25O21S2. The van der Waals surface area contributed by atoms with E-state index in [4.69, 9.17) is 23.7 Å². The molecule has 24 N–H and O–H groups in total. The number of carboxylic acids is 3. The summed E-state index contributed by atoms with van der Waals surface area (Å²) >= 11 is 8.97. The molecular weight excluding hydrogens is 1710 g/mol. The Kier molecular flexibility index (Phi) is 49.5. The van der Waals surface area contributed by atoms with Crippen molar-refractivity contribution in [2.75, 3.05) is 130 Å². The molecule has 1 unspecified atom stereocenters. The third-order valence-corrected chi connectivity index (χ3v) is 20.1. The molecule has 6 atom stereocenters. The van der Waals surface area contributed by atoms with Gasteiger partial charge in [-0.25, -0.2) is 9.97 Å². The van der Waals surface area contributed by atoms with Gasteiger partial charge in [-0.15, -0.1) is 0 Å². The first-order valence-corrected chi connectivity index (χ1v) is 42.8. The van der Waals surface area contributed by atoms with Crippen molar-refractivity contribution in [3.63, 3.8) is 0 Å². The van der Waals surface area contributed by atoms with Crippen LogP contribution in [0.15, 0.2) is 84.7 Å². The number of hydrazone groups is 1. The van der Waals surface area contributed by atoms with Gasteiger partial charge in [0, 0.05) is 155 Å². The van der Waals surface area contributed by atoms with Gasteiger partial charge in [0.05, 0.1) is 63.3 Å². The van der Waals surface area contributed by atoms with E-state index in [9.17, 15) is 92.3 Å². The standard InChI is InChI=1S/C80H119N25O21S2/c81-74(121)57(12-4-7-27-87-70(114)45-102-30-32-103(46-71(115)116)34-36-105(48-73(119)120)37-35-104(33-31-102)47-72(117)118)96-75(122)58(13-5-8-25-85-67(111)42-90-65(109)21-19-63(107)88-28-23-54-40-83-50-92-54)97-78(125)61(39-53-15-17-56(106)18-16-53)99-76(123)59(14-6-9-26-86-68(112)43-91-66(110)22-20-64(108)89-29-24-55-41-84-51-93-55)98-77(124)60(38-52-10-2-1-3-11-52)100-79(126)62(49-127)95-69(113)44-94-101-80(82)128/h1-3,10-11,15-18,40-41,44,50-51,57-62,106,127H,4-9,12-14,19-39,42-43,45-49H2,(H2,81,121)(H,83,92)(H,84,93)(H,85,111)(H,86,112)(H,87,114)(H,88,107)(H,89,108)(H,90,109)(H,91,110)(H,95,113)(H,96,122)(H,97,125)(H,98,124)(H,99,123)(H,100,126)(H,115,116)(H,117,118)(H,119,120)(H3,82,101,128)/b94-44+/t57-,58-,59-,60-,61+,62?/m0/s1. The Bertz CT molecular complexity index is 4260. The van der Waals surface area contributed by atoms with Gasteiger partial charge >= 0.3 is 17.9 Å². The van der Waals surface area contributed by atoms with Crippen LogP contribution < -0.4 is 86.0 Å². The number of hydrogen-bond acceptors (Lipinski definition) is 27. The number of aromatic amines is 2. The van der Waals surface area contributed by atoms with Gasteiger partial charge in [0.25, 0.3) is 5.91 Å². The summed E-state index contributed by atoms with van der Waals surface area (Å²) < 4.78 is 0. The van der Waals surface area contributed by atoms with Crippen LogP contribution in [0.2, 0.25) is 0 Å². The number of unbranched alkanes of at least 4 members (excludes halogenated alkanes) is 3. The zero-order chi connectivity index (χ0) is 93.6. The number of nitrogens with two attached hydrogens (primary N) is 2. The molecule has 128 heavy (non-hydrogen) atoms. The minimum absolute atomic E-state index is 0.0306. The summed E-state index contributed by atoms with van der Waals surface area (Å²) in [6, 6.07) is 4.78. The van der Waals surface area contributed by atoms with Crippen molar-refractivity contribution in [3.05, 3.63) is 102 Å². The number of thiocarbonyl (C=S) groups is 1. The van der Waals surface area contributed by atoms with E-state index in [1.165, 1.54) is 36.9 Å². The molecule has 0 bridgehead atoms. The van der Waals surface area contributed by atoms with Crippen molar-refractivity contribution in [3.8, 4) is 5.75 Å². The van der Waals surface area contributed by atoms with Crippen molar-refractivity contribution in [2.45, 2.75) is 145 Å². The first-order valence-electron chi connectivity index (χ1n) is 41.8. The molecule has 0 radical (unpaired) electrons. The van der Waals surface area contributed by atoms with Crippen molar-refractivity contribution in [1.82, 2.24) is 114 Å². The molecule has 3 heterocycles. The number of nitrogens with one attached hydrogen (secondary N) is 16. The van der Waals surface area contributed by atoms with Gasteiger partial charge in [0.2, 0.25) is 76.8 Å². The predicted octanol–water partition coefficient (Wildman–Crippen LogP) is -6.39. The summed E-state index contributed by atoms with van der Waals surface area (Å²) in [7, 11) is 0. The smallest absolute Gasteiger partial charge is 0.317 e. The van der Waals surface area contributed by atoms with Crippen molar-refractivity contribution in [1.29, 1.82) is 0 Å². The molecule has 0 saturated carbocycles. The van der Waals surface area contributed by atoms with E-state index >= 15 is 9.59 Å². The number of rotatable bonds is 58. The summed E-state index contributed by atoms with van der Waals surface area (Å²) in [5.74, 6) is -14.2. The predicted molar refractivity (Wildman–Crippen MR) is 469 cm³/mol. The van der Waals surface area contributed by atoms with Gasteiger partial charge < -0.3 is 111 Å². The molecule has 2 aromatic heterocycles. The molecule has 14 amide bonds. The Hall–Kier alpha value is -12.8. The molecule has 1 aliphatic rings. The number of carboxylic acid groups (broad SMARTS) is 3. The van der Waals surface area contributed by atoms with Crippen LogP contribution in [0.4, 0.5) is 0 Å². The monoisotopic (exact) mass is 1830 g/mol. The van der Waals surface area contributed by atoms with Crippen LogP contribution in [-0.4, -0.2) is 338 Å². The number of benzene rings is 2. The molecule has 1 saturated heterocycles. The third-order valence-electron chi connectivity index (χ3n) is 19.7. The van der Waals surface area contributed by atoms with E-state index in [1.54, 1.807) is 62.3 Å². The Labute approximate surface area is 749 Å². The number of primary amides is 1. The molecule has 46 nitrogen and oxygen atoms in total. The van der Waals surface area contributed by atoms with Gasteiger partial charge in [-0.3, -0.25) is 107 Å². The Balaban J connectivity index is 1.37. The number of aromatic nitrogens is 4. The molecule has 1 fully saturated rings. The highest BCUT2D eigenvalue weighted by molar-refractivity contribution is 7.80. The van der Waals surface area contributed by atoms with Gasteiger partial charge in [-0.05, 0) is 93.3 Å². The number of aliphatic carboxylic acids is 3. The van der Waals surface area contributed by atoms with Gasteiger partial charge in [-0.2, -0.15) is 17.7 Å². The largest absolute Gasteiger partial charge is 0.508 e. The van der Waals surface area contributed by atoms with Crippen LogP contribution in [0, 0.1) is 0 Å². The molecule has 5 rings (SSSR count). The van der Waals surface area contributed by atoms with E-state index in [0.29, 0.717) is 24.0 Å². The number of phenolic OH excluding ortho intramolecular Hbond substituents is 1. The van der Waals surface area contributed by atoms with E-state index < -0.39 is 144 Å². The lowest BCUT2D eigenvalue weighted by atomic mass is 10.0. The fourth-order valence-electron chi connectivity index (χ4n) is 12.8. The van der Waals surface area contributed by atoms with Crippen molar-refractivity contribution >= 4 is 137 Å². The maximum Gasteiger partial charge on any atom is 0.317 e. The summed E-state index contributed by atoms with van der Waals surface area (Å²) in [6.07, 6.45) is 6.96. The second-order valence-corrected chi connectivity index (χ2v) is 30.7. The molecule has 0 spiro atoms. The number of nitrogens with zero attached hydrogens (tertiary/aromatic N) is 7. The maximum absolute atomic E-state index is 15.2. The molecule has 48 heteroatoms. The van der Waals surface area contributed by atoms with Crippen LogP contribution in [0.25, 0.3) is 0 Å². The average Bonchev–Trinajstić information content (AvgIpc) is 0.886. The zero-order valence-electron chi connectivity index (χ0n) is 71.1. The molecule has 2 aromatic carbocycles. The van der Waals surface area contributed by atoms with Crippen LogP contribution in [0.5, 0.6) is 5.75 Å². The minimum atomic E-state index is -1.65. The van der Waals surface area contributed by atoms with E-state index in [-0.39, 0.29) is 230 Å². The van der Waals surface area contributed by atoms with Crippen molar-refractivity contribution in [2.24, 2.45) is 16.6 Å². The van der Waals surface area contributed by atoms with E-state index in [2.05, 4.69) is 112 Å². The number of carbonyl (C=O) groups is 17. The summed E-state index contributed by atoms with van der Waals surface area (Å²) in [4.78, 5) is 246. The molecule has 4 aromatic rings. The topological polar surface area (TPSA) is 674 Å². The highest BCUT2D eigenvalue weighted by Gasteiger charge is 2.35. The first-order chi connectivity index (χ1) is 61.3. The fourth-order valence-corrected chi connectivity index (χ4v) is 13.1. The van der Waals surface area contributed by atoms with Gasteiger partial charge in [-0.1, -0.05) is 42.5 Å². The van der Waals surface area contributed by atoms with Crippen LogP contribution in [-0.2, 0) is 107 Å². The number of aromatic hydroxyl groups is 1. The SMILES string of the molecule is NC(=O)[C@H](CCCCNC(=O)CN1CCN(CC(=O)O)CCN(CC(=O)O)CCN(CC(=O)O)CC1)NC(=O)[C@H](CCCCNC(=O)CNC(=O)CCC(=O)NCCc1c[nH]cn1)NC(=O)[C@@H](Cc1ccc(O)cc1)NC(=O)[C@H](CCCCNC(=O)CNC(=O)CCC(=O)NCCc1c[nH]cn1)NC(=O)[C@H](Cc1ccccc1)NC(=O)C(CS)NC(=O)/C=N/NC(N)=S. The highest BCUT2D eigenvalue weighted by Crippen LogP contribution is 2.16. The quantitative estimate of drug-likeness (QED) is 0.00643. The average molecular weight is 1830 g/mol. The summed E-state index contributed by atoms with van der Waals surface area (Å²) in [5.41, 5.74) is 15.9. The van der Waals surface area contributed by atoms with Crippen LogP contribution in [0.1, 0.15) is 106 Å². The second kappa shape index (κ2) is 60.0. The number of phenols is 1. The number of thiol groups is 1. The third kappa shape index (κ3) is 46.4. The zero-order valence-corrected chi connectivity index (χ0v) is 72.8. The minimum Gasteiger partial charge on any atom is -0.508 e. The lowest BCUT2D eigenvalue weighted by Crippen LogP contribution is -2.60. The van der Waals surface area contributed by atoms with E-state index in [0.717, 1.165) is 17.6 Å². The molecule has 1 aliphatic heterocycles. The normalized spacial score (nSPS) is 14.3. The van der Waals surface area contributed by atoms with Crippen LogP contribution >= 0.6 is 24.8 Å². The van der Waals surface area contributed by atoms with Crippen LogP contribution in [0.3, 0.4) is 0 Å². The highest BCUT2D eigenvalue weighted by atomic mass is 32.1. The number of H-pyrrole nitrogens is 2. The summed E-state index contributed by atoms with van der Waals surface area (Å²) in [6.45, 7) is -0.395. The van der Waals surface area contributed by atoms with Crippen molar-refractivity contribution < 1.29 is 102 Å². The lowest BCUT2D eigenvalue weighted by Gasteiger charge is -2.32. The number of amides is 14. The lowest BCUT2D eigenvalue weighted by molar-refractivity contribution is -0.140.